The molecule has 1 aliphatic rings. The van der Waals surface area contributed by atoms with Crippen LogP contribution in [0.4, 0.5) is 0 Å². The van der Waals surface area contributed by atoms with Crippen molar-refractivity contribution in [1.29, 1.82) is 0 Å². The average molecular weight is 277 g/mol. The first-order valence-corrected chi connectivity index (χ1v) is 7.17. The number of piperazine rings is 1. The SMILES string of the molecule is NCCCN1CCN(C(=O)Cc2cccc(O)c2)CC1. The Balaban J connectivity index is 1.80. The minimum Gasteiger partial charge on any atom is -0.508 e. The van der Waals surface area contributed by atoms with E-state index in [0.717, 1.165) is 51.3 Å². The number of benzene rings is 1. The predicted molar refractivity (Wildman–Crippen MR) is 78.5 cm³/mol. The molecule has 0 saturated carbocycles. The average Bonchev–Trinajstić information content (AvgIpc) is 2.45. The molecule has 1 saturated heterocycles. The maximum atomic E-state index is 12.2. The molecule has 1 aliphatic heterocycles. The quantitative estimate of drug-likeness (QED) is 0.819. The van der Waals surface area contributed by atoms with Gasteiger partial charge in [0.25, 0.3) is 0 Å². The zero-order valence-corrected chi connectivity index (χ0v) is 11.8. The van der Waals surface area contributed by atoms with Crippen molar-refractivity contribution in [2.24, 2.45) is 5.73 Å². The number of amides is 1. The van der Waals surface area contributed by atoms with Gasteiger partial charge in [0.1, 0.15) is 5.75 Å². The number of hydrogen-bond acceptors (Lipinski definition) is 4. The van der Waals surface area contributed by atoms with Crippen LogP contribution in [0.5, 0.6) is 5.75 Å². The van der Waals surface area contributed by atoms with E-state index in [1.807, 2.05) is 11.0 Å². The largest absolute Gasteiger partial charge is 0.508 e. The number of aromatic hydroxyl groups is 1. The van der Waals surface area contributed by atoms with Crippen molar-refractivity contribution in [3.05, 3.63) is 29.8 Å². The third-order valence-electron chi connectivity index (χ3n) is 3.67. The van der Waals surface area contributed by atoms with E-state index in [0.29, 0.717) is 6.42 Å². The van der Waals surface area contributed by atoms with Gasteiger partial charge in [0, 0.05) is 26.2 Å². The summed E-state index contributed by atoms with van der Waals surface area (Å²) in [5.41, 5.74) is 6.37. The van der Waals surface area contributed by atoms with Crippen LogP contribution in [0.2, 0.25) is 0 Å². The van der Waals surface area contributed by atoms with Gasteiger partial charge in [-0.1, -0.05) is 12.1 Å². The molecule has 1 aromatic carbocycles. The van der Waals surface area contributed by atoms with Crippen molar-refractivity contribution in [1.82, 2.24) is 9.80 Å². The maximum Gasteiger partial charge on any atom is 0.227 e. The highest BCUT2D eigenvalue weighted by molar-refractivity contribution is 5.79. The van der Waals surface area contributed by atoms with Crippen molar-refractivity contribution in [3.8, 4) is 5.75 Å². The lowest BCUT2D eigenvalue weighted by molar-refractivity contribution is -0.132. The topological polar surface area (TPSA) is 69.8 Å². The Morgan fingerprint density at radius 3 is 2.65 bits per heavy atom. The van der Waals surface area contributed by atoms with E-state index in [2.05, 4.69) is 4.90 Å². The molecular weight excluding hydrogens is 254 g/mol. The Kier molecular flexibility index (Phi) is 5.38. The van der Waals surface area contributed by atoms with Gasteiger partial charge >= 0.3 is 0 Å². The third kappa shape index (κ3) is 4.21. The normalized spacial score (nSPS) is 16.4. The molecule has 20 heavy (non-hydrogen) atoms. The molecule has 0 unspecified atom stereocenters. The van der Waals surface area contributed by atoms with Crippen LogP contribution in [0, 0.1) is 0 Å². The fourth-order valence-corrected chi connectivity index (χ4v) is 2.49. The number of rotatable bonds is 5. The second-order valence-electron chi connectivity index (χ2n) is 5.21. The van der Waals surface area contributed by atoms with Crippen molar-refractivity contribution >= 4 is 5.91 Å². The summed E-state index contributed by atoms with van der Waals surface area (Å²) in [4.78, 5) is 16.5. The number of carbonyl (C=O) groups is 1. The number of phenolic OH excluding ortho intramolecular Hbond substituents is 1. The molecule has 110 valence electrons. The fraction of sp³-hybridized carbons (Fsp3) is 0.533. The van der Waals surface area contributed by atoms with E-state index in [4.69, 9.17) is 5.73 Å². The lowest BCUT2D eigenvalue weighted by Gasteiger charge is -2.34. The van der Waals surface area contributed by atoms with Crippen LogP contribution >= 0.6 is 0 Å². The van der Waals surface area contributed by atoms with Gasteiger partial charge in [0.2, 0.25) is 5.91 Å². The first-order chi connectivity index (χ1) is 9.69. The van der Waals surface area contributed by atoms with E-state index < -0.39 is 0 Å². The second-order valence-corrected chi connectivity index (χ2v) is 5.21. The predicted octanol–water partition coefficient (Wildman–Crippen LogP) is 0.428. The van der Waals surface area contributed by atoms with Gasteiger partial charge in [-0.3, -0.25) is 9.69 Å². The van der Waals surface area contributed by atoms with Gasteiger partial charge < -0.3 is 15.7 Å². The smallest absolute Gasteiger partial charge is 0.227 e. The van der Waals surface area contributed by atoms with Crippen LogP contribution in [0.1, 0.15) is 12.0 Å². The molecule has 0 radical (unpaired) electrons. The molecule has 1 fully saturated rings. The monoisotopic (exact) mass is 277 g/mol. The van der Waals surface area contributed by atoms with E-state index in [1.54, 1.807) is 18.2 Å². The van der Waals surface area contributed by atoms with Crippen LogP contribution in [-0.2, 0) is 11.2 Å². The molecule has 3 N–H and O–H groups in total. The molecular formula is C15H23N3O2. The molecule has 1 amide bonds. The summed E-state index contributed by atoms with van der Waals surface area (Å²) < 4.78 is 0. The molecule has 2 rings (SSSR count). The molecule has 5 nitrogen and oxygen atoms in total. The van der Waals surface area contributed by atoms with Gasteiger partial charge in [-0.2, -0.15) is 0 Å². The molecule has 0 atom stereocenters. The van der Waals surface area contributed by atoms with Crippen molar-refractivity contribution < 1.29 is 9.90 Å². The summed E-state index contributed by atoms with van der Waals surface area (Å²) in [7, 11) is 0. The highest BCUT2D eigenvalue weighted by atomic mass is 16.3. The Morgan fingerprint density at radius 1 is 1.25 bits per heavy atom. The molecule has 0 spiro atoms. The highest BCUT2D eigenvalue weighted by Gasteiger charge is 2.20. The summed E-state index contributed by atoms with van der Waals surface area (Å²) in [5, 5.41) is 9.41. The maximum absolute atomic E-state index is 12.2. The number of carbonyl (C=O) groups excluding carboxylic acids is 1. The zero-order chi connectivity index (χ0) is 14.4. The van der Waals surface area contributed by atoms with E-state index >= 15 is 0 Å². The van der Waals surface area contributed by atoms with Gasteiger partial charge in [-0.15, -0.1) is 0 Å². The van der Waals surface area contributed by atoms with Crippen LogP contribution < -0.4 is 5.73 Å². The Morgan fingerprint density at radius 2 is 2.00 bits per heavy atom. The summed E-state index contributed by atoms with van der Waals surface area (Å²) in [6.45, 7) is 5.14. The zero-order valence-electron chi connectivity index (χ0n) is 11.8. The number of nitrogens with two attached hydrogens (primary N) is 1. The Hall–Kier alpha value is -1.59. The first-order valence-electron chi connectivity index (χ1n) is 7.17. The van der Waals surface area contributed by atoms with Crippen LogP contribution in [0.15, 0.2) is 24.3 Å². The molecule has 1 heterocycles. The van der Waals surface area contributed by atoms with E-state index in [9.17, 15) is 9.90 Å². The minimum absolute atomic E-state index is 0.133. The summed E-state index contributed by atoms with van der Waals surface area (Å²) in [6, 6.07) is 6.90. The fourth-order valence-electron chi connectivity index (χ4n) is 2.49. The third-order valence-corrected chi connectivity index (χ3v) is 3.67. The number of phenols is 1. The lowest BCUT2D eigenvalue weighted by atomic mass is 10.1. The Labute approximate surface area is 120 Å². The summed E-state index contributed by atoms with van der Waals surface area (Å²) >= 11 is 0. The molecule has 0 aromatic heterocycles. The second kappa shape index (κ2) is 7.26. The van der Waals surface area contributed by atoms with Gasteiger partial charge in [-0.05, 0) is 37.2 Å². The Bertz CT molecular complexity index is 442. The van der Waals surface area contributed by atoms with Crippen molar-refractivity contribution in [2.75, 3.05) is 39.3 Å². The summed E-state index contributed by atoms with van der Waals surface area (Å²) in [5.74, 6) is 0.343. The molecule has 0 bridgehead atoms. The molecule has 0 aliphatic carbocycles. The highest BCUT2D eigenvalue weighted by Crippen LogP contribution is 2.13. The van der Waals surface area contributed by atoms with Crippen LogP contribution in [0.3, 0.4) is 0 Å². The van der Waals surface area contributed by atoms with Gasteiger partial charge in [-0.25, -0.2) is 0 Å². The standard InChI is InChI=1S/C15H23N3O2/c16-5-2-6-17-7-9-18(10-8-17)15(20)12-13-3-1-4-14(19)11-13/h1,3-4,11,19H,2,5-10,12,16H2. The molecule has 1 aromatic rings. The van der Waals surface area contributed by atoms with Gasteiger partial charge in [0.15, 0.2) is 0 Å². The van der Waals surface area contributed by atoms with E-state index in [-0.39, 0.29) is 11.7 Å². The number of nitrogens with zero attached hydrogens (tertiary/aromatic N) is 2. The lowest BCUT2D eigenvalue weighted by Crippen LogP contribution is -2.49. The minimum atomic E-state index is 0.133. The van der Waals surface area contributed by atoms with Crippen LogP contribution in [-0.4, -0.2) is 60.1 Å². The van der Waals surface area contributed by atoms with E-state index in [1.165, 1.54) is 0 Å². The van der Waals surface area contributed by atoms with Crippen LogP contribution in [0.25, 0.3) is 0 Å². The molecule has 5 heteroatoms. The van der Waals surface area contributed by atoms with Crippen molar-refractivity contribution in [3.63, 3.8) is 0 Å². The van der Waals surface area contributed by atoms with Gasteiger partial charge in [0.05, 0.1) is 6.42 Å². The number of hydrogen-bond donors (Lipinski definition) is 2. The summed E-state index contributed by atoms with van der Waals surface area (Å²) in [6.07, 6.45) is 1.37. The first kappa shape index (κ1) is 14.8. The van der Waals surface area contributed by atoms with Crippen molar-refractivity contribution in [2.45, 2.75) is 12.8 Å².